The first-order chi connectivity index (χ1) is 13.1. The van der Waals surface area contributed by atoms with Gasteiger partial charge in [-0.3, -0.25) is 10.1 Å². The van der Waals surface area contributed by atoms with E-state index in [1.807, 2.05) is 48.3 Å². The lowest BCUT2D eigenvalue weighted by molar-refractivity contribution is -0.385. The number of benzene rings is 2. The molecular weight excluding hydrogens is 346 g/mol. The van der Waals surface area contributed by atoms with Crippen LogP contribution in [0.4, 0.5) is 11.5 Å². The molecule has 4 rings (SSSR count). The maximum atomic E-state index is 11.8. The molecule has 8 heteroatoms. The van der Waals surface area contributed by atoms with Gasteiger partial charge in [0.15, 0.2) is 0 Å². The van der Waals surface area contributed by atoms with E-state index in [-0.39, 0.29) is 11.6 Å². The zero-order valence-corrected chi connectivity index (χ0v) is 14.9. The highest BCUT2D eigenvalue weighted by molar-refractivity contribution is 5.88. The summed E-state index contributed by atoms with van der Waals surface area (Å²) >= 11 is 0. The van der Waals surface area contributed by atoms with Crippen molar-refractivity contribution < 1.29 is 9.66 Å². The molecule has 138 valence electrons. The minimum Gasteiger partial charge on any atom is -0.433 e. The van der Waals surface area contributed by atoms with Crippen molar-refractivity contribution in [2.75, 3.05) is 38.1 Å². The Morgan fingerprint density at radius 1 is 1.04 bits per heavy atom. The van der Waals surface area contributed by atoms with Crippen molar-refractivity contribution in [2.45, 2.75) is 0 Å². The Bertz CT molecular complexity index is 981. The van der Waals surface area contributed by atoms with Crippen molar-refractivity contribution >= 4 is 22.3 Å². The highest BCUT2D eigenvalue weighted by Gasteiger charge is 2.30. The average molecular weight is 365 g/mol. The van der Waals surface area contributed by atoms with E-state index in [4.69, 9.17) is 4.74 Å². The lowest BCUT2D eigenvalue weighted by Gasteiger charge is -2.32. The fourth-order valence-electron chi connectivity index (χ4n) is 3.23. The van der Waals surface area contributed by atoms with Crippen LogP contribution in [-0.2, 0) is 0 Å². The van der Waals surface area contributed by atoms with Gasteiger partial charge in [0, 0.05) is 31.6 Å². The van der Waals surface area contributed by atoms with E-state index in [2.05, 4.69) is 14.9 Å². The predicted octanol–water partition coefficient (Wildman–Crippen LogP) is 3.08. The first-order valence-corrected chi connectivity index (χ1v) is 8.72. The van der Waals surface area contributed by atoms with Crippen LogP contribution in [0.1, 0.15) is 0 Å². The molecule has 0 radical (unpaired) electrons. The summed E-state index contributed by atoms with van der Waals surface area (Å²) in [4.78, 5) is 23.7. The van der Waals surface area contributed by atoms with Gasteiger partial charge in [-0.2, -0.15) is 4.98 Å². The number of nitrogens with zero attached hydrogens (tertiary/aromatic N) is 5. The zero-order chi connectivity index (χ0) is 18.8. The van der Waals surface area contributed by atoms with Crippen LogP contribution in [0.15, 0.2) is 48.8 Å². The molecule has 0 saturated carbocycles. The predicted molar refractivity (Wildman–Crippen MR) is 102 cm³/mol. The van der Waals surface area contributed by atoms with Gasteiger partial charge in [-0.05, 0) is 18.5 Å². The molecule has 1 aromatic heterocycles. The Morgan fingerprint density at radius 3 is 2.56 bits per heavy atom. The number of hydrogen-bond donors (Lipinski definition) is 0. The number of ether oxygens (including phenoxy) is 1. The quantitative estimate of drug-likeness (QED) is 0.519. The summed E-state index contributed by atoms with van der Waals surface area (Å²) in [6.45, 7) is 2.98. The molecule has 0 aliphatic carbocycles. The molecule has 3 aromatic rings. The molecule has 8 nitrogen and oxygen atoms in total. The van der Waals surface area contributed by atoms with E-state index in [0.717, 1.165) is 23.9 Å². The van der Waals surface area contributed by atoms with Gasteiger partial charge in [0.1, 0.15) is 12.1 Å². The standard InChI is InChI=1S/C19H19N5O3/c1-22-9-11-23(12-10-22)18-17(24(25)26)19(21-13-20-18)27-16-8-4-6-14-5-2-3-7-15(14)16/h2-8,13H,9-12H2,1H3. The van der Waals surface area contributed by atoms with Gasteiger partial charge >= 0.3 is 11.6 Å². The number of anilines is 1. The number of nitro groups is 1. The molecule has 1 saturated heterocycles. The zero-order valence-electron chi connectivity index (χ0n) is 14.9. The van der Waals surface area contributed by atoms with Crippen molar-refractivity contribution in [1.29, 1.82) is 0 Å². The number of piperazine rings is 1. The highest BCUT2D eigenvalue weighted by atomic mass is 16.6. The molecule has 2 heterocycles. The minimum atomic E-state index is -0.464. The number of fused-ring (bicyclic) bond motifs is 1. The third-order valence-electron chi connectivity index (χ3n) is 4.71. The fourth-order valence-corrected chi connectivity index (χ4v) is 3.23. The van der Waals surface area contributed by atoms with Gasteiger partial charge in [-0.1, -0.05) is 36.4 Å². The lowest BCUT2D eigenvalue weighted by atomic mass is 10.1. The van der Waals surface area contributed by atoms with Crippen molar-refractivity contribution in [1.82, 2.24) is 14.9 Å². The molecule has 0 N–H and O–H groups in total. The fraction of sp³-hybridized carbons (Fsp3) is 0.263. The molecule has 1 fully saturated rings. The Morgan fingerprint density at radius 2 is 1.78 bits per heavy atom. The van der Waals surface area contributed by atoms with Crippen LogP contribution < -0.4 is 9.64 Å². The molecule has 0 atom stereocenters. The molecule has 0 bridgehead atoms. The van der Waals surface area contributed by atoms with E-state index < -0.39 is 4.92 Å². The average Bonchev–Trinajstić information content (AvgIpc) is 2.68. The molecule has 1 aliphatic rings. The lowest BCUT2D eigenvalue weighted by Crippen LogP contribution is -2.45. The summed E-state index contributed by atoms with van der Waals surface area (Å²) in [6.07, 6.45) is 1.32. The van der Waals surface area contributed by atoms with Gasteiger partial charge in [0.2, 0.25) is 5.82 Å². The Kier molecular flexibility index (Phi) is 4.55. The summed E-state index contributed by atoms with van der Waals surface area (Å²) in [6, 6.07) is 13.3. The van der Waals surface area contributed by atoms with Crippen molar-refractivity contribution in [3.8, 4) is 11.6 Å². The molecular formula is C19H19N5O3. The Hall–Kier alpha value is -3.26. The highest BCUT2D eigenvalue weighted by Crippen LogP contribution is 2.38. The van der Waals surface area contributed by atoms with Crippen LogP contribution in [0.5, 0.6) is 11.6 Å². The van der Waals surface area contributed by atoms with Crippen LogP contribution in [0.25, 0.3) is 10.8 Å². The van der Waals surface area contributed by atoms with Crippen LogP contribution in [0.3, 0.4) is 0 Å². The maximum absolute atomic E-state index is 11.8. The summed E-state index contributed by atoms with van der Waals surface area (Å²) in [5, 5.41) is 13.7. The smallest absolute Gasteiger partial charge is 0.373 e. The van der Waals surface area contributed by atoms with Crippen LogP contribution in [0.2, 0.25) is 0 Å². The molecule has 0 amide bonds. The Balaban J connectivity index is 1.74. The summed E-state index contributed by atoms with van der Waals surface area (Å²) in [7, 11) is 2.03. The van der Waals surface area contributed by atoms with Gasteiger partial charge < -0.3 is 14.5 Å². The molecule has 0 unspecified atom stereocenters. The topological polar surface area (TPSA) is 84.6 Å². The molecule has 0 spiro atoms. The summed E-state index contributed by atoms with van der Waals surface area (Å²) in [5.74, 6) is 0.790. The van der Waals surface area contributed by atoms with E-state index in [1.54, 1.807) is 6.07 Å². The first kappa shape index (κ1) is 17.2. The summed E-state index contributed by atoms with van der Waals surface area (Å²) < 4.78 is 5.91. The van der Waals surface area contributed by atoms with Gasteiger partial charge in [-0.15, -0.1) is 0 Å². The van der Waals surface area contributed by atoms with Crippen LogP contribution in [0, 0.1) is 10.1 Å². The van der Waals surface area contributed by atoms with E-state index in [1.165, 1.54) is 6.33 Å². The second-order valence-electron chi connectivity index (χ2n) is 6.48. The van der Waals surface area contributed by atoms with Crippen molar-refractivity contribution in [3.63, 3.8) is 0 Å². The Labute approximate surface area is 156 Å². The monoisotopic (exact) mass is 365 g/mol. The van der Waals surface area contributed by atoms with E-state index in [9.17, 15) is 10.1 Å². The number of rotatable bonds is 4. The number of likely N-dealkylation sites (N-methyl/N-ethyl adjacent to an activating group) is 1. The third-order valence-corrected chi connectivity index (χ3v) is 4.71. The van der Waals surface area contributed by atoms with E-state index >= 15 is 0 Å². The second-order valence-corrected chi connectivity index (χ2v) is 6.48. The molecule has 2 aromatic carbocycles. The largest absolute Gasteiger partial charge is 0.433 e. The SMILES string of the molecule is CN1CCN(c2ncnc(Oc3cccc4ccccc34)c2[N+](=O)[O-])CC1. The van der Waals surface area contributed by atoms with Crippen molar-refractivity contribution in [2.24, 2.45) is 0 Å². The van der Waals surface area contributed by atoms with Gasteiger partial charge in [0.25, 0.3) is 0 Å². The van der Waals surface area contributed by atoms with Gasteiger partial charge in [-0.25, -0.2) is 4.98 Å². The number of hydrogen-bond acceptors (Lipinski definition) is 7. The normalized spacial score (nSPS) is 15.1. The van der Waals surface area contributed by atoms with Crippen LogP contribution in [-0.4, -0.2) is 53.0 Å². The van der Waals surface area contributed by atoms with Crippen LogP contribution >= 0.6 is 0 Å². The summed E-state index contributed by atoms with van der Waals surface area (Å²) in [5.41, 5.74) is -0.199. The minimum absolute atomic E-state index is 0.0414. The third kappa shape index (κ3) is 3.39. The molecule has 1 aliphatic heterocycles. The number of aromatic nitrogens is 2. The van der Waals surface area contributed by atoms with E-state index in [0.29, 0.717) is 24.7 Å². The maximum Gasteiger partial charge on any atom is 0.373 e. The second kappa shape index (κ2) is 7.16. The molecule has 27 heavy (non-hydrogen) atoms. The first-order valence-electron chi connectivity index (χ1n) is 8.72. The van der Waals surface area contributed by atoms with Crippen molar-refractivity contribution in [3.05, 3.63) is 58.9 Å². The van der Waals surface area contributed by atoms with Gasteiger partial charge in [0.05, 0.1) is 4.92 Å².